The van der Waals surface area contributed by atoms with E-state index in [0.717, 1.165) is 12.8 Å². The molecule has 3 atom stereocenters. The lowest BCUT2D eigenvalue weighted by atomic mass is 9.93. The van der Waals surface area contributed by atoms with Crippen LogP contribution in [0, 0.1) is 0 Å². The van der Waals surface area contributed by atoms with Gasteiger partial charge in [0.15, 0.2) is 0 Å². The molecule has 0 saturated heterocycles. The first-order chi connectivity index (χ1) is 19.2. The van der Waals surface area contributed by atoms with Crippen LogP contribution >= 0.6 is 0 Å². The third-order valence-electron chi connectivity index (χ3n) is 7.45. The number of hydrogen-bond acceptors (Lipinski definition) is 11. The molecule has 6 N–H and O–H groups in total. The van der Waals surface area contributed by atoms with E-state index in [1.54, 1.807) is 0 Å². The maximum atomic E-state index is 10.5. The number of aliphatic hydroxyl groups is 4. The standard InChI is InChI=1S/C30H63NO10/c1-8-30(9-2,40-19-18-37-22-26(35)21-36-17-14-33)12-16-39-29(7,24-31)11-15-38-28(5,6)20-25(34)23-41-27(3,4)10-13-32/h25-26,32-35H,8-24,31H2,1-7H3. The van der Waals surface area contributed by atoms with Gasteiger partial charge in [-0.05, 0) is 60.3 Å². The quantitative estimate of drug-likeness (QED) is 0.0841. The van der Waals surface area contributed by atoms with Gasteiger partial charge in [-0.25, -0.2) is 0 Å². The first-order valence-electron chi connectivity index (χ1n) is 15.2. The normalized spacial score (nSPS) is 16.1. The third kappa shape index (κ3) is 19.5. The van der Waals surface area contributed by atoms with Crippen LogP contribution in [-0.2, 0) is 28.4 Å². The summed E-state index contributed by atoms with van der Waals surface area (Å²) in [6.07, 6.45) is 2.45. The lowest BCUT2D eigenvalue weighted by Crippen LogP contribution is -2.42. The molecule has 0 aromatic carbocycles. The Bertz CT molecular complexity index is 632. The van der Waals surface area contributed by atoms with Crippen molar-refractivity contribution in [3.8, 4) is 0 Å². The minimum Gasteiger partial charge on any atom is -0.396 e. The largest absolute Gasteiger partial charge is 0.396 e. The zero-order valence-corrected chi connectivity index (χ0v) is 27.0. The number of hydrogen-bond donors (Lipinski definition) is 5. The van der Waals surface area contributed by atoms with Crippen molar-refractivity contribution >= 4 is 0 Å². The van der Waals surface area contributed by atoms with E-state index < -0.39 is 29.0 Å². The van der Waals surface area contributed by atoms with Crippen molar-refractivity contribution in [1.82, 2.24) is 0 Å². The summed E-state index contributed by atoms with van der Waals surface area (Å²) >= 11 is 0. The molecule has 41 heavy (non-hydrogen) atoms. The molecule has 0 aliphatic rings. The zero-order valence-electron chi connectivity index (χ0n) is 27.0. The summed E-state index contributed by atoms with van der Waals surface area (Å²) in [4.78, 5) is 0. The van der Waals surface area contributed by atoms with Gasteiger partial charge >= 0.3 is 0 Å². The maximum Gasteiger partial charge on any atom is 0.101 e. The maximum absolute atomic E-state index is 10.5. The predicted molar refractivity (Wildman–Crippen MR) is 159 cm³/mol. The second kappa shape index (κ2) is 21.3. The molecule has 0 saturated carbocycles. The number of nitrogens with two attached hydrogens (primary N) is 1. The molecule has 0 spiro atoms. The summed E-state index contributed by atoms with van der Waals surface area (Å²) in [6.45, 7) is 16.5. The highest BCUT2D eigenvalue weighted by Gasteiger charge is 2.31. The van der Waals surface area contributed by atoms with Crippen molar-refractivity contribution in [3.63, 3.8) is 0 Å². The molecule has 0 heterocycles. The Morgan fingerprint density at radius 2 is 1.22 bits per heavy atom. The predicted octanol–water partition coefficient (Wildman–Crippen LogP) is 2.19. The van der Waals surface area contributed by atoms with E-state index >= 15 is 0 Å². The molecule has 11 heteroatoms. The van der Waals surface area contributed by atoms with E-state index in [1.807, 2.05) is 34.6 Å². The van der Waals surface area contributed by atoms with E-state index in [4.69, 9.17) is 44.4 Å². The van der Waals surface area contributed by atoms with E-state index in [0.29, 0.717) is 58.7 Å². The molecule has 0 aliphatic heterocycles. The number of ether oxygens (including phenoxy) is 6. The van der Waals surface area contributed by atoms with Gasteiger partial charge in [0.25, 0.3) is 0 Å². The van der Waals surface area contributed by atoms with E-state index in [9.17, 15) is 10.2 Å². The molecule has 0 fully saturated rings. The van der Waals surface area contributed by atoms with Crippen molar-refractivity contribution in [2.24, 2.45) is 5.73 Å². The summed E-state index contributed by atoms with van der Waals surface area (Å²) in [7, 11) is 0. The minimum absolute atomic E-state index is 0.0373. The smallest absolute Gasteiger partial charge is 0.101 e. The Morgan fingerprint density at radius 1 is 0.610 bits per heavy atom. The van der Waals surface area contributed by atoms with Crippen LogP contribution in [0.1, 0.15) is 87.0 Å². The number of rotatable bonds is 28. The van der Waals surface area contributed by atoms with E-state index in [2.05, 4.69) is 13.8 Å². The van der Waals surface area contributed by atoms with Crippen LogP contribution in [-0.4, -0.2) is 128 Å². The Morgan fingerprint density at radius 3 is 1.78 bits per heavy atom. The minimum atomic E-state index is -0.741. The van der Waals surface area contributed by atoms with Gasteiger partial charge in [-0.3, -0.25) is 0 Å². The molecule has 0 aromatic heterocycles. The molecule has 0 rings (SSSR count). The second-order valence-corrected chi connectivity index (χ2v) is 12.3. The van der Waals surface area contributed by atoms with Crippen LogP contribution in [0.3, 0.4) is 0 Å². The van der Waals surface area contributed by atoms with Crippen molar-refractivity contribution in [3.05, 3.63) is 0 Å². The average molecular weight is 598 g/mol. The van der Waals surface area contributed by atoms with Crippen LogP contribution in [0.15, 0.2) is 0 Å². The summed E-state index contributed by atoms with van der Waals surface area (Å²) in [5.41, 5.74) is 4.14. The SMILES string of the molecule is CCC(CC)(CCOC(C)(CN)CCOC(C)(C)CC(O)COC(C)(C)CCO)OCCOCC(O)COCCO. The van der Waals surface area contributed by atoms with Crippen molar-refractivity contribution in [1.29, 1.82) is 0 Å². The van der Waals surface area contributed by atoms with Crippen molar-refractivity contribution in [2.75, 3.05) is 72.6 Å². The van der Waals surface area contributed by atoms with Gasteiger partial charge in [0.2, 0.25) is 0 Å². The van der Waals surface area contributed by atoms with Crippen LogP contribution in [0.25, 0.3) is 0 Å². The molecule has 11 nitrogen and oxygen atoms in total. The van der Waals surface area contributed by atoms with Gasteiger partial charge in [0.1, 0.15) is 6.10 Å². The highest BCUT2D eigenvalue weighted by Crippen LogP contribution is 2.27. The van der Waals surface area contributed by atoms with Gasteiger partial charge < -0.3 is 54.6 Å². The van der Waals surface area contributed by atoms with Crippen molar-refractivity contribution < 1.29 is 48.8 Å². The molecule has 0 aliphatic carbocycles. The fraction of sp³-hybridized carbons (Fsp3) is 1.00. The summed E-state index contributed by atoms with van der Waals surface area (Å²) < 4.78 is 35.0. The molecule has 0 amide bonds. The van der Waals surface area contributed by atoms with Crippen LogP contribution < -0.4 is 5.73 Å². The Kier molecular flexibility index (Phi) is 21.1. The summed E-state index contributed by atoms with van der Waals surface area (Å²) in [6, 6.07) is 0. The summed E-state index contributed by atoms with van der Waals surface area (Å²) in [5, 5.41) is 38.1. The lowest BCUT2D eigenvalue weighted by molar-refractivity contribution is -0.123. The van der Waals surface area contributed by atoms with E-state index in [1.165, 1.54) is 0 Å². The fourth-order valence-electron chi connectivity index (χ4n) is 4.36. The molecule has 3 unspecified atom stereocenters. The van der Waals surface area contributed by atoms with Gasteiger partial charge in [-0.15, -0.1) is 0 Å². The second-order valence-electron chi connectivity index (χ2n) is 12.3. The van der Waals surface area contributed by atoms with Gasteiger partial charge in [-0.2, -0.15) is 0 Å². The van der Waals surface area contributed by atoms with Crippen LogP contribution in [0.2, 0.25) is 0 Å². The van der Waals surface area contributed by atoms with Gasteiger partial charge in [0.05, 0.1) is 88.0 Å². The van der Waals surface area contributed by atoms with E-state index in [-0.39, 0.29) is 45.2 Å². The Labute approximate surface area is 249 Å². The molecular weight excluding hydrogens is 534 g/mol. The summed E-state index contributed by atoms with van der Waals surface area (Å²) in [5.74, 6) is 0. The lowest BCUT2D eigenvalue weighted by Gasteiger charge is -2.35. The monoisotopic (exact) mass is 597 g/mol. The third-order valence-corrected chi connectivity index (χ3v) is 7.45. The average Bonchev–Trinajstić information content (AvgIpc) is 2.90. The highest BCUT2D eigenvalue weighted by molar-refractivity contribution is 4.82. The van der Waals surface area contributed by atoms with Crippen molar-refractivity contribution in [2.45, 2.75) is 122 Å². The topological polar surface area (TPSA) is 162 Å². The molecule has 248 valence electrons. The van der Waals surface area contributed by atoms with Crippen LogP contribution in [0.5, 0.6) is 0 Å². The highest BCUT2D eigenvalue weighted by atomic mass is 16.6. The van der Waals surface area contributed by atoms with Crippen LogP contribution in [0.4, 0.5) is 0 Å². The fourth-order valence-corrected chi connectivity index (χ4v) is 4.36. The number of aliphatic hydroxyl groups excluding tert-OH is 4. The Hall–Kier alpha value is -0.440. The molecular formula is C30H63NO10. The zero-order chi connectivity index (χ0) is 31.4. The van der Waals surface area contributed by atoms with Gasteiger partial charge in [0, 0.05) is 26.0 Å². The molecule has 0 bridgehead atoms. The molecule has 0 radical (unpaired) electrons. The first kappa shape index (κ1) is 40.6. The first-order valence-corrected chi connectivity index (χ1v) is 15.2. The van der Waals surface area contributed by atoms with Gasteiger partial charge in [-0.1, -0.05) is 13.8 Å². The molecule has 0 aromatic rings. The Balaban J connectivity index is 4.54.